The van der Waals surface area contributed by atoms with Crippen molar-refractivity contribution in [3.8, 4) is 11.3 Å². The molecule has 84 valence electrons. The van der Waals surface area contributed by atoms with Gasteiger partial charge in [0.05, 0.1) is 17.7 Å². The van der Waals surface area contributed by atoms with Gasteiger partial charge in [-0.3, -0.25) is 0 Å². The first kappa shape index (κ1) is 10.9. The number of nitrogens with zero attached hydrogens (tertiary/aromatic N) is 2. The molecule has 3 heteroatoms. The summed E-state index contributed by atoms with van der Waals surface area (Å²) in [5.74, 6) is 0. The van der Waals surface area contributed by atoms with Crippen LogP contribution in [0.5, 0.6) is 0 Å². The Hall–Kier alpha value is -1.61. The predicted molar refractivity (Wildman–Crippen MR) is 66.1 cm³/mol. The molecule has 0 aliphatic heterocycles. The fourth-order valence-corrected chi connectivity index (χ4v) is 1.96. The topological polar surface area (TPSA) is 29.9 Å². The summed E-state index contributed by atoms with van der Waals surface area (Å²) in [6, 6.07) is 8.41. The van der Waals surface area contributed by atoms with Crippen LogP contribution in [0, 0.1) is 6.92 Å². The number of aryl methyl sites for hydroxylation is 2. The maximum atomic E-state index is 4.42. The van der Waals surface area contributed by atoms with Crippen molar-refractivity contribution < 1.29 is 0 Å². The van der Waals surface area contributed by atoms with Gasteiger partial charge >= 0.3 is 0 Å². The molecule has 2 rings (SSSR count). The van der Waals surface area contributed by atoms with Crippen LogP contribution < -0.4 is 5.32 Å². The van der Waals surface area contributed by atoms with Gasteiger partial charge < -0.3 is 9.88 Å². The number of benzene rings is 1. The zero-order valence-electron chi connectivity index (χ0n) is 9.99. The van der Waals surface area contributed by atoms with Gasteiger partial charge in [0, 0.05) is 19.2 Å². The molecule has 0 aliphatic rings. The van der Waals surface area contributed by atoms with Crippen LogP contribution >= 0.6 is 0 Å². The summed E-state index contributed by atoms with van der Waals surface area (Å²) in [5, 5.41) is 3.15. The van der Waals surface area contributed by atoms with Gasteiger partial charge in [-0.1, -0.05) is 24.3 Å². The Balaban J connectivity index is 2.54. The minimum Gasteiger partial charge on any atom is -0.333 e. The molecule has 0 saturated carbocycles. The van der Waals surface area contributed by atoms with E-state index in [-0.39, 0.29) is 0 Å². The Morgan fingerprint density at radius 3 is 2.75 bits per heavy atom. The molecule has 0 atom stereocenters. The largest absolute Gasteiger partial charge is 0.333 e. The van der Waals surface area contributed by atoms with Crippen molar-refractivity contribution in [2.75, 3.05) is 7.05 Å². The molecule has 0 radical (unpaired) electrons. The lowest BCUT2D eigenvalue weighted by atomic mass is 10.0. The van der Waals surface area contributed by atoms with E-state index in [1.165, 1.54) is 16.8 Å². The highest BCUT2D eigenvalue weighted by atomic mass is 15.0. The van der Waals surface area contributed by atoms with Gasteiger partial charge in [-0.15, -0.1) is 0 Å². The molecule has 1 heterocycles. The van der Waals surface area contributed by atoms with Gasteiger partial charge in [0.2, 0.25) is 0 Å². The van der Waals surface area contributed by atoms with Gasteiger partial charge in [-0.2, -0.15) is 0 Å². The first-order valence-corrected chi connectivity index (χ1v) is 5.45. The van der Waals surface area contributed by atoms with Crippen molar-refractivity contribution in [3.05, 3.63) is 41.9 Å². The quantitative estimate of drug-likeness (QED) is 0.850. The third kappa shape index (κ3) is 1.86. The maximum Gasteiger partial charge on any atom is 0.0952 e. The van der Waals surface area contributed by atoms with Crippen molar-refractivity contribution in [1.29, 1.82) is 0 Å². The van der Waals surface area contributed by atoms with Crippen molar-refractivity contribution in [3.63, 3.8) is 0 Å². The monoisotopic (exact) mass is 215 g/mol. The summed E-state index contributed by atoms with van der Waals surface area (Å²) in [5.41, 5.74) is 4.84. The van der Waals surface area contributed by atoms with Gasteiger partial charge in [0.1, 0.15) is 0 Å². The Kier molecular flexibility index (Phi) is 3.06. The molecule has 0 aliphatic carbocycles. The molecule has 3 nitrogen and oxygen atoms in total. The standard InChI is InChI=1S/C13H17N3/c1-10-6-4-5-7-11(10)13-12(8-14-2)15-9-16(13)3/h4-7,9,14H,8H2,1-3H3. The van der Waals surface area contributed by atoms with E-state index >= 15 is 0 Å². The normalized spacial score (nSPS) is 10.7. The van der Waals surface area contributed by atoms with E-state index in [4.69, 9.17) is 0 Å². The van der Waals surface area contributed by atoms with Crippen molar-refractivity contribution in [2.24, 2.45) is 7.05 Å². The van der Waals surface area contributed by atoms with Crippen LogP contribution in [-0.4, -0.2) is 16.6 Å². The summed E-state index contributed by atoms with van der Waals surface area (Å²) in [4.78, 5) is 4.42. The number of hydrogen-bond donors (Lipinski definition) is 1. The van der Waals surface area contributed by atoms with E-state index in [1.807, 2.05) is 20.4 Å². The summed E-state index contributed by atoms with van der Waals surface area (Å²) >= 11 is 0. The first-order chi connectivity index (χ1) is 7.74. The lowest BCUT2D eigenvalue weighted by Gasteiger charge is -2.09. The number of hydrogen-bond acceptors (Lipinski definition) is 2. The number of rotatable bonds is 3. The van der Waals surface area contributed by atoms with E-state index in [1.54, 1.807) is 0 Å². The number of imidazole rings is 1. The van der Waals surface area contributed by atoms with E-state index in [0.29, 0.717) is 0 Å². The van der Waals surface area contributed by atoms with Crippen LogP contribution in [0.2, 0.25) is 0 Å². The molecule has 0 saturated heterocycles. The average Bonchev–Trinajstić information content (AvgIpc) is 2.62. The fourth-order valence-electron chi connectivity index (χ4n) is 1.96. The minimum atomic E-state index is 0.796. The molecule has 16 heavy (non-hydrogen) atoms. The van der Waals surface area contributed by atoms with Gasteiger partial charge in [0.15, 0.2) is 0 Å². The molecule has 2 aromatic rings. The van der Waals surface area contributed by atoms with Crippen LogP contribution in [0.3, 0.4) is 0 Å². The smallest absolute Gasteiger partial charge is 0.0952 e. The first-order valence-electron chi connectivity index (χ1n) is 5.45. The predicted octanol–water partition coefficient (Wildman–Crippen LogP) is 2.11. The molecule has 1 aromatic carbocycles. The van der Waals surface area contributed by atoms with E-state index in [9.17, 15) is 0 Å². The second-order valence-corrected chi connectivity index (χ2v) is 4.00. The summed E-state index contributed by atoms with van der Waals surface area (Å²) in [6.45, 7) is 2.93. The van der Waals surface area contributed by atoms with Crippen LogP contribution in [0.4, 0.5) is 0 Å². The molecular formula is C13H17N3. The average molecular weight is 215 g/mol. The van der Waals surface area contributed by atoms with E-state index in [0.717, 1.165) is 12.2 Å². The summed E-state index contributed by atoms with van der Waals surface area (Å²) in [6.07, 6.45) is 1.87. The Bertz CT molecular complexity index is 486. The van der Waals surface area contributed by atoms with Crippen LogP contribution in [0.1, 0.15) is 11.3 Å². The highest BCUT2D eigenvalue weighted by Crippen LogP contribution is 2.25. The molecule has 0 amide bonds. The minimum absolute atomic E-state index is 0.796. The molecule has 0 unspecified atom stereocenters. The lowest BCUT2D eigenvalue weighted by molar-refractivity contribution is 0.797. The highest BCUT2D eigenvalue weighted by Gasteiger charge is 2.11. The zero-order chi connectivity index (χ0) is 11.5. The Morgan fingerprint density at radius 1 is 1.31 bits per heavy atom. The van der Waals surface area contributed by atoms with Crippen molar-refractivity contribution >= 4 is 0 Å². The number of nitrogens with one attached hydrogen (secondary N) is 1. The van der Waals surface area contributed by atoms with Gasteiger partial charge in [0.25, 0.3) is 0 Å². The maximum absolute atomic E-state index is 4.42. The molecule has 0 spiro atoms. The van der Waals surface area contributed by atoms with Gasteiger partial charge in [-0.05, 0) is 19.5 Å². The van der Waals surface area contributed by atoms with Crippen molar-refractivity contribution in [2.45, 2.75) is 13.5 Å². The molecule has 0 bridgehead atoms. The molecular weight excluding hydrogens is 198 g/mol. The van der Waals surface area contributed by atoms with Gasteiger partial charge in [-0.25, -0.2) is 4.98 Å². The summed E-state index contributed by atoms with van der Waals surface area (Å²) in [7, 11) is 3.98. The van der Waals surface area contributed by atoms with Crippen LogP contribution in [0.25, 0.3) is 11.3 Å². The molecule has 0 fully saturated rings. The van der Waals surface area contributed by atoms with Crippen LogP contribution in [0.15, 0.2) is 30.6 Å². The summed E-state index contributed by atoms with van der Waals surface area (Å²) < 4.78 is 2.08. The highest BCUT2D eigenvalue weighted by molar-refractivity contribution is 5.66. The zero-order valence-corrected chi connectivity index (χ0v) is 9.99. The van der Waals surface area contributed by atoms with Crippen molar-refractivity contribution in [1.82, 2.24) is 14.9 Å². The lowest BCUT2D eigenvalue weighted by Crippen LogP contribution is -2.07. The second kappa shape index (κ2) is 4.49. The van der Waals surface area contributed by atoms with E-state index < -0.39 is 0 Å². The third-order valence-corrected chi connectivity index (χ3v) is 2.76. The second-order valence-electron chi connectivity index (χ2n) is 4.00. The fraction of sp³-hybridized carbons (Fsp3) is 0.308. The molecule has 1 N–H and O–H groups in total. The van der Waals surface area contributed by atoms with Crippen LogP contribution in [-0.2, 0) is 13.6 Å². The SMILES string of the molecule is CNCc1ncn(C)c1-c1ccccc1C. The Morgan fingerprint density at radius 2 is 2.06 bits per heavy atom. The van der Waals surface area contributed by atoms with E-state index in [2.05, 4.69) is 46.1 Å². The Labute approximate surface area is 96.1 Å². The molecule has 1 aromatic heterocycles. The number of aromatic nitrogens is 2. The third-order valence-electron chi connectivity index (χ3n) is 2.76.